The normalized spacial score (nSPS) is 10.9. The van der Waals surface area contributed by atoms with Crippen molar-refractivity contribution in [2.24, 2.45) is 0 Å². The second-order valence-corrected chi connectivity index (χ2v) is 12.2. The van der Waals surface area contributed by atoms with Gasteiger partial charge in [0.1, 0.15) is 0 Å². The van der Waals surface area contributed by atoms with Gasteiger partial charge in [-0.1, -0.05) is 151 Å². The van der Waals surface area contributed by atoms with Crippen LogP contribution in [0.15, 0.2) is 133 Å². The standard InChI is InChI=1S/C42H35Cl2N.H3N/c1-4-37(45)42(40-33(29-17-9-5-10-18-29)25-35(43)27(2)38(40)31-21-13-7-14-22-31)41-34(30-19-11-6-12-20-30)26-36(44)28(3)39(41)32-23-15-8-16-24-32;/h5-26,42,45H,4H2,1-3H3;1H3. The number of halogens is 2. The van der Waals surface area contributed by atoms with Crippen LogP contribution in [0.25, 0.3) is 44.5 Å². The summed E-state index contributed by atoms with van der Waals surface area (Å²) in [5.74, 6) is -0.391. The Hall–Kier alpha value is -4.47. The van der Waals surface area contributed by atoms with E-state index >= 15 is 0 Å². The topological polar surface area (TPSA) is 58.9 Å². The van der Waals surface area contributed by atoms with Gasteiger partial charge >= 0.3 is 0 Å². The van der Waals surface area contributed by atoms with Gasteiger partial charge in [0.2, 0.25) is 0 Å². The zero-order chi connectivity index (χ0) is 31.5. The van der Waals surface area contributed by atoms with Crippen molar-refractivity contribution in [3.8, 4) is 44.5 Å². The number of nitrogens with one attached hydrogen (secondary N) is 1. The first-order valence-electron chi connectivity index (χ1n) is 15.4. The van der Waals surface area contributed by atoms with Crippen molar-refractivity contribution in [3.05, 3.63) is 166 Å². The highest BCUT2D eigenvalue weighted by atomic mass is 35.5. The molecule has 0 bridgehead atoms. The molecule has 4 heteroatoms. The predicted octanol–water partition coefficient (Wildman–Crippen LogP) is 13.0. The van der Waals surface area contributed by atoms with E-state index in [1.165, 1.54) is 0 Å². The summed E-state index contributed by atoms with van der Waals surface area (Å²) in [5, 5.41) is 11.2. The molecule has 0 aliphatic heterocycles. The minimum absolute atomic E-state index is 0. The van der Waals surface area contributed by atoms with Gasteiger partial charge in [0, 0.05) is 21.7 Å². The maximum absolute atomic E-state index is 9.79. The van der Waals surface area contributed by atoms with Crippen molar-refractivity contribution in [1.82, 2.24) is 6.15 Å². The molecule has 0 aliphatic rings. The summed E-state index contributed by atoms with van der Waals surface area (Å²) in [6, 6.07) is 46.0. The van der Waals surface area contributed by atoms with Gasteiger partial charge < -0.3 is 11.6 Å². The van der Waals surface area contributed by atoms with Gasteiger partial charge in [-0.25, -0.2) is 0 Å². The monoisotopic (exact) mass is 640 g/mol. The van der Waals surface area contributed by atoms with E-state index in [-0.39, 0.29) is 6.15 Å². The number of benzene rings is 6. The van der Waals surface area contributed by atoms with Gasteiger partial charge in [0.25, 0.3) is 0 Å². The van der Waals surface area contributed by atoms with Crippen LogP contribution in [0.2, 0.25) is 10.0 Å². The lowest BCUT2D eigenvalue weighted by Gasteiger charge is -2.31. The molecule has 0 fully saturated rings. The van der Waals surface area contributed by atoms with E-state index in [1.54, 1.807) is 0 Å². The number of hydrogen-bond donors (Lipinski definition) is 2. The Balaban J connectivity index is 0.00000417. The first kappa shape index (κ1) is 32.9. The molecule has 6 aromatic carbocycles. The lowest BCUT2D eigenvalue weighted by Crippen LogP contribution is -2.18. The fourth-order valence-electron chi connectivity index (χ4n) is 6.50. The van der Waals surface area contributed by atoms with Gasteiger partial charge in [-0.3, -0.25) is 0 Å². The molecule has 0 heterocycles. The van der Waals surface area contributed by atoms with Gasteiger partial charge in [0.15, 0.2) is 0 Å². The Morgan fingerprint density at radius 2 is 0.848 bits per heavy atom. The number of rotatable bonds is 8. The first-order chi connectivity index (χ1) is 21.9. The van der Waals surface area contributed by atoms with Gasteiger partial charge in [0.05, 0.1) is 0 Å². The zero-order valence-electron chi connectivity index (χ0n) is 26.4. The zero-order valence-corrected chi connectivity index (χ0v) is 28.0. The van der Waals surface area contributed by atoms with E-state index in [9.17, 15) is 5.41 Å². The van der Waals surface area contributed by atoms with Crippen LogP contribution < -0.4 is 6.15 Å². The van der Waals surface area contributed by atoms with Crippen molar-refractivity contribution < 1.29 is 0 Å². The SMILES string of the molecule is CCC(=N)C(c1c(-c2ccccc2)cc(Cl)c(C)c1-c1ccccc1)c1c(-c2ccccc2)cc(Cl)c(C)c1-c1ccccc1.N. The van der Waals surface area contributed by atoms with Gasteiger partial charge in [-0.2, -0.15) is 0 Å². The fourth-order valence-corrected chi connectivity index (χ4v) is 6.91. The molecule has 0 aromatic heterocycles. The molecule has 0 radical (unpaired) electrons. The third-order valence-electron chi connectivity index (χ3n) is 8.73. The molecular formula is C42H38Cl2N2. The van der Waals surface area contributed by atoms with Crippen LogP contribution in [0, 0.1) is 19.3 Å². The Morgan fingerprint density at radius 3 is 1.15 bits per heavy atom. The van der Waals surface area contributed by atoms with E-state index in [0.29, 0.717) is 22.2 Å². The Kier molecular flexibility index (Phi) is 10.2. The summed E-state index contributed by atoms with van der Waals surface area (Å²) in [6.45, 7) is 6.27. The molecule has 230 valence electrons. The molecule has 0 atom stereocenters. The summed E-state index contributed by atoms with van der Waals surface area (Å²) in [7, 11) is 0. The maximum atomic E-state index is 9.79. The largest absolute Gasteiger partial charge is 0.344 e. The van der Waals surface area contributed by atoms with E-state index in [4.69, 9.17) is 23.2 Å². The Morgan fingerprint density at radius 1 is 0.543 bits per heavy atom. The van der Waals surface area contributed by atoms with Crippen LogP contribution in [-0.4, -0.2) is 5.71 Å². The number of hydrogen-bond acceptors (Lipinski definition) is 2. The minimum atomic E-state index is -0.391. The van der Waals surface area contributed by atoms with Crippen molar-refractivity contribution in [2.45, 2.75) is 33.1 Å². The van der Waals surface area contributed by atoms with Crippen LogP contribution in [0.1, 0.15) is 41.5 Å². The van der Waals surface area contributed by atoms with E-state index < -0.39 is 5.92 Å². The van der Waals surface area contributed by atoms with Crippen molar-refractivity contribution in [2.75, 3.05) is 0 Å². The summed E-state index contributed by atoms with van der Waals surface area (Å²) in [5.41, 5.74) is 13.3. The molecule has 6 rings (SSSR count). The van der Waals surface area contributed by atoms with Crippen LogP contribution >= 0.6 is 23.2 Å². The highest BCUT2D eigenvalue weighted by Gasteiger charge is 2.33. The third kappa shape index (κ3) is 6.17. The molecule has 0 amide bonds. The molecule has 0 saturated heterocycles. The van der Waals surface area contributed by atoms with E-state index in [0.717, 1.165) is 66.8 Å². The lowest BCUT2D eigenvalue weighted by atomic mass is 9.72. The molecule has 0 unspecified atom stereocenters. The molecule has 0 aliphatic carbocycles. The first-order valence-corrected chi connectivity index (χ1v) is 16.1. The lowest BCUT2D eigenvalue weighted by molar-refractivity contribution is 1.01. The predicted molar refractivity (Wildman–Crippen MR) is 199 cm³/mol. The van der Waals surface area contributed by atoms with Crippen LogP contribution in [0.3, 0.4) is 0 Å². The maximum Gasteiger partial charge on any atom is 0.0491 e. The van der Waals surface area contributed by atoms with E-state index in [1.807, 2.05) is 24.3 Å². The fraction of sp³-hybridized carbons (Fsp3) is 0.119. The highest BCUT2D eigenvalue weighted by Crippen LogP contribution is 2.51. The molecule has 6 aromatic rings. The van der Waals surface area contributed by atoms with Crippen molar-refractivity contribution in [3.63, 3.8) is 0 Å². The van der Waals surface area contributed by atoms with Crippen LogP contribution in [-0.2, 0) is 0 Å². The van der Waals surface area contributed by atoms with Gasteiger partial charge in [-0.05, 0) is 99.2 Å². The summed E-state index contributed by atoms with van der Waals surface area (Å²) in [4.78, 5) is 0. The van der Waals surface area contributed by atoms with Crippen molar-refractivity contribution >= 4 is 28.9 Å². The molecular weight excluding hydrogens is 603 g/mol. The quantitative estimate of drug-likeness (QED) is 0.160. The molecule has 46 heavy (non-hydrogen) atoms. The summed E-state index contributed by atoms with van der Waals surface area (Å²) >= 11 is 14.2. The van der Waals surface area contributed by atoms with Gasteiger partial charge in [-0.15, -0.1) is 0 Å². The highest BCUT2D eigenvalue weighted by molar-refractivity contribution is 6.33. The van der Waals surface area contributed by atoms with Crippen LogP contribution in [0.5, 0.6) is 0 Å². The third-order valence-corrected chi connectivity index (χ3v) is 9.51. The second-order valence-electron chi connectivity index (χ2n) is 11.4. The summed E-state index contributed by atoms with van der Waals surface area (Å²) < 4.78 is 0. The Labute approximate surface area is 282 Å². The summed E-state index contributed by atoms with van der Waals surface area (Å²) in [6.07, 6.45) is 0.582. The van der Waals surface area contributed by atoms with Crippen LogP contribution in [0.4, 0.5) is 0 Å². The second kappa shape index (κ2) is 14.3. The Bertz CT molecular complexity index is 1830. The average Bonchev–Trinajstić information content (AvgIpc) is 3.09. The minimum Gasteiger partial charge on any atom is -0.344 e. The molecule has 0 spiro atoms. The molecule has 2 nitrogen and oxygen atoms in total. The smallest absolute Gasteiger partial charge is 0.0491 e. The van der Waals surface area contributed by atoms with Crippen molar-refractivity contribution in [1.29, 1.82) is 5.41 Å². The average molecular weight is 642 g/mol. The van der Waals surface area contributed by atoms with E-state index in [2.05, 4.69) is 130 Å². The molecule has 4 N–H and O–H groups in total. The molecule has 0 saturated carbocycles.